The van der Waals surface area contributed by atoms with Crippen LogP contribution in [0.25, 0.3) is 0 Å². The van der Waals surface area contributed by atoms with Crippen molar-refractivity contribution in [2.24, 2.45) is 0 Å². The van der Waals surface area contributed by atoms with E-state index in [1.54, 1.807) is 30.3 Å². The van der Waals surface area contributed by atoms with E-state index in [0.29, 0.717) is 11.3 Å². The van der Waals surface area contributed by atoms with Crippen LogP contribution < -0.4 is 9.62 Å². The summed E-state index contributed by atoms with van der Waals surface area (Å²) in [5.41, 5.74) is 4.58. The van der Waals surface area contributed by atoms with Gasteiger partial charge in [-0.3, -0.25) is 13.9 Å². The van der Waals surface area contributed by atoms with Crippen LogP contribution in [0.2, 0.25) is 0 Å². The second-order valence-corrected chi connectivity index (χ2v) is 14.4. The predicted octanol–water partition coefficient (Wildman–Crippen LogP) is 6.73. The summed E-state index contributed by atoms with van der Waals surface area (Å²) in [6.45, 7) is 8.94. The summed E-state index contributed by atoms with van der Waals surface area (Å²) in [4.78, 5) is 30.0. The highest BCUT2D eigenvalue weighted by Crippen LogP contribution is 2.29. The molecule has 0 spiro atoms. The van der Waals surface area contributed by atoms with Gasteiger partial charge < -0.3 is 10.2 Å². The quantitative estimate of drug-likeness (QED) is 0.179. The lowest BCUT2D eigenvalue weighted by atomic mass is 10.0. The standard InChI is InChI=1S/C36H40BrN3O4S/c1-25(2)38-36(42)34(22-29-10-7-6-8-11-29)39(23-30-12-9-13-31(37)21-30)35(41)24-40(33-20-27(4)14-17-28(33)5)45(43,44)32-18-15-26(3)16-19-32/h6-21,25,34H,22-24H2,1-5H3,(H,38,42). The number of nitrogens with one attached hydrogen (secondary N) is 1. The number of halogens is 1. The highest BCUT2D eigenvalue weighted by atomic mass is 79.9. The molecule has 0 aliphatic carbocycles. The van der Waals surface area contributed by atoms with Crippen LogP contribution in [0.1, 0.15) is 41.7 Å². The number of rotatable bonds is 12. The van der Waals surface area contributed by atoms with Crippen LogP contribution in [0.4, 0.5) is 5.69 Å². The van der Waals surface area contributed by atoms with Crippen molar-refractivity contribution in [1.29, 1.82) is 0 Å². The number of hydrogen-bond donors (Lipinski definition) is 1. The van der Waals surface area contributed by atoms with E-state index in [-0.39, 0.29) is 29.8 Å². The van der Waals surface area contributed by atoms with Gasteiger partial charge in [-0.15, -0.1) is 0 Å². The van der Waals surface area contributed by atoms with Crippen molar-refractivity contribution >= 4 is 43.5 Å². The van der Waals surface area contributed by atoms with Gasteiger partial charge in [0.15, 0.2) is 0 Å². The lowest BCUT2D eigenvalue weighted by Crippen LogP contribution is -2.54. The molecule has 2 amide bonds. The average molecular weight is 691 g/mol. The maximum atomic E-state index is 14.6. The van der Waals surface area contributed by atoms with Crippen LogP contribution in [-0.4, -0.2) is 43.8 Å². The van der Waals surface area contributed by atoms with E-state index in [1.807, 2.05) is 101 Å². The fraction of sp³-hybridized carbons (Fsp3) is 0.278. The molecule has 0 saturated carbocycles. The molecule has 0 heterocycles. The Morgan fingerprint density at radius 1 is 0.800 bits per heavy atom. The summed E-state index contributed by atoms with van der Waals surface area (Å²) in [6, 6.07) is 28.1. The Labute approximate surface area is 275 Å². The maximum absolute atomic E-state index is 14.6. The molecule has 7 nitrogen and oxygen atoms in total. The number of benzene rings is 4. The van der Waals surface area contributed by atoms with E-state index in [4.69, 9.17) is 0 Å². The number of aryl methyl sites for hydroxylation is 3. The molecule has 0 aromatic heterocycles. The van der Waals surface area contributed by atoms with E-state index >= 15 is 0 Å². The summed E-state index contributed by atoms with van der Waals surface area (Å²) >= 11 is 3.51. The average Bonchev–Trinajstić information content (AvgIpc) is 2.99. The monoisotopic (exact) mass is 689 g/mol. The first-order valence-corrected chi connectivity index (χ1v) is 17.1. The highest BCUT2D eigenvalue weighted by Gasteiger charge is 2.35. The smallest absolute Gasteiger partial charge is 0.264 e. The third-order valence-corrected chi connectivity index (χ3v) is 9.73. The summed E-state index contributed by atoms with van der Waals surface area (Å²) in [6.07, 6.45) is 0.257. The van der Waals surface area contributed by atoms with E-state index in [1.165, 1.54) is 9.21 Å². The van der Waals surface area contributed by atoms with Gasteiger partial charge in [-0.2, -0.15) is 0 Å². The minimum absolute atomic E-state index is 0.0822. The van der Waals surface area contributed by atoms with Gasteiger partial charge in [0.2, 0.25) is 11.8 Å². The number of hydrogen-bond acceptors (Lipinski definition) is 4. The van der Waals surface area contributed by atoms with Gasteiger partial charge >= 0.3 is 0 Å². The second kappa shape index (κ2) is 14.9. The SMILES string of the molecule is Cc1ccc(S(=O)(=O)N(CC(=O)N(Cc2cccc(Br)c2)C(Cc2ccccc2)C(=O)NC(C)C)c2cc(C)ccc2C)cc1. The van der Waals surface area contributed by atoms with Gasteiger partial charge in [-0.1, -0.05) is 88.2 Å². The van der Waals surface area contributed by atoms with Crippen LogP contribution in [0.15, 0.2) is 106 Å². The Morgan fingerprint density at radius 3 is 2.09 bits per heavy atom. The van der Waals surface area contributed by atoms with Crippen LogP contribution in [-0.2, 0) is 32.6 Å². The van der Waals surface area contributed by atoms with E-state index in [2.05, 4.69) is 21.2 Å². The van der Waals surface area contributed by atoms with Crippen molar-refractivity contribution in [3.63, 3.8) is 0 Å². The Balaban J connectivity index is 1.84. The molecule has 1 unspecified atom stereocenters. The Morgan fingerprint density at radius 2 is 1.44 bits per heavy atom. The van der Waals surface area contributed by atoms with Crippen molar-refractivity contribution < 1.29 is 18.0 Å². The zero-order chi connectivity index (χ0) is 32.7. The topological polar surface area (TPSA) is 86.8 Å². The maximum Gasteiger partial charge on any atom is 0.264 e. The lowest BCUT2D eigenvalue weighted by molar-refractivity contribution is -0.140. The van der Waals surface area contributed by atoms with Crippen LogP contribution in [0.5, 0.6) is 0 Å². The van der Waals surface area contributed by atoms with Crippen LogP contribution >= 0.6 is 15.9 Å². The Bertz CT molecular complexity index is 1740. The number of nitrogens with zero attached hydrogens (tertiary/aromatic N) is 2. The fourth-order valence-corrected chi connectivity index (χ4v) is 7.02. The third-order valence-electron chi connectivity index (χ3n) is 7.47. The zero-order valence-corrected chi connectivity index (χ0v) is 28.7. The summed E-state index contributed by atoms with van der Waals surface area (Å²) < 4.78 is 30.6. The molecule has 4 rings (SSSR count). The largest absolute Gasteiger partial charge is 0.352 e. The summed E-state index contributed by atoms with van der Waals surface area (Å²) in [5, 5.41) is 2.98. The number of amides is 2. The third kappa shape index (κ3) is 8.83. The molecule has 1 atom stereocenters. The van der Waals surface area contributed by atoms with Crippen molar-refractivity contribution in [2.75, 3.05) is 10.8 Å². The molecular weight excluding hydrogens is 650 g/mol. The predicted molar refractivity (Wildman–Crippen MR) is 184 cm³/mol. The van der Waals surface area contributed by atoms with Crippen molar-refractivity contribution in [3.05, 3.63) is 129 Å². The Kier molecular flexibility index (Phi) is 11.2. The second-order valence-electron chi connectivity index (χ2n) is 11.6. The van der Waals surface area contributed by atoms with Crippen LogP contribution in [0, 0.1) is 20.8 Å². The first kappa shape index (κ1) is 33.9. The molecule has 0 radical (unpaired) electrons. The van der Waals surface area contributed by atoms with Gasteiger partial charge in [0.05, 0.1) is 10.6 Å². The Hall–Kier alpha value is -3.95. The van der Waals surface area contributed by atoms with Crippen molar-refractivity contribution in [2.45, 2.75) is 64.6 Å². The lowest BCUT2D eigenvalue weighted by Gasteiger charge is -2.34. The fourth-order valence-electron chi connectivity index (χ4n) is 5.11. The summed E-state index contributed by atoms with van der Waals surface area (Å²) in [7, 11) is -4.16. The normalized spacial score (nSPS) is 12.1. The number of carbonyl (C=O) groups excluding carboxylic acids is 2. The molecule has 45 heavy (non-hydrogen) atoms. The first-order chi connectivity index (χ1) is 21.3. The van der Waals surface area contributed by atoms with Crippen LogP contribution in [0.3, 0.4) is 0 Å². The number of sulfonamides is 1. The number of anilines is 1. The molecule has 0 aliphatic heterocycles. The van der Waals surface area contributed by atoms with E-state index in [0.717, 1.165) is 26.7 Å². The summed E-state index contributed by atoms with van der Waals surface area (Å²) in [5.74, 6) is -0.803. The van der Waals surface area contributed by atoms with E-state index in [9.17, 15) is 18.0 Å². The zero-order valence-electron chi connectivity index (χ0n) is 26.3. The highest BCUT2D eigenvalue weighted by molar-refractivity contribution is 9.10. The molecule has 0 saturated heterocycles. The van der Waals surface area contributed by atoms with Crippen molar-refractivity contribution in [1.82, 2.24) is 10.2 Å². The molecule has 4 aromatic rings. The molecule has 9 heteroatoms. The van der Waals surface area contributed by atoms with Gasteiger partial charge in [0, 0.05) is 23.5 Å². The molecule has 4 aromatic carbocycles. The van der Waals surface area contributed by atoms with Gasteiger partial charge in [-0.25, -0.2) is 8.42 Å². The van der Waals surface area contributed by atoms with Gasteiger partial charge in [0.25, 0.3) is 10.0 Å². The van der Waals surface area contributed by atoms with Crippen molar-refractivity contribution in [3.8, 4) is 0 Å². The first-order valence-electron chi connectivity index (χ1n) is 14.9. The molecule has 0 aliphatic rings. The number of carbonyl (C=O) groups is 2. The molecule has 0 bridgehead atoms. The minimum Gasteiger partial charge on any atom is -0.352 e. The minimum atomic E-state index is -4.16. The molecule has 236 valence electrons. The molecule has 0 fully saturated rings. The van der Waals surface area contributed by atoms with Gasteiger partial charge in [0.1, 0.15) is 12.6 Å². The molecule has 1 N–H and O–H groups in total. The van der Waals surface area contributed by atoms with E-state index < -0.39 is 28.5 Å². The molecular formula is C36H40BrN3O4S. The van der Waals surface area contributed by atoms with Gasteiger partial charge in [-0.05, 0) is 87.2 Å².